The van der Waals surface area contributed by atoms with E-state index in [1.165, 1.54) is 63.1 Å². The number of nitrogens with one attached hydrogen (secondary N) is 1. The molecule has 3 heteroatoms. The Kier molecular flexibility index (Phi) is 6.98. The number of rotatable bonds is 2. The third kappa shape index (κ3) is 5.64. The van der Waals surface area contributed by atoms with E-state index in [0.717, 1.165) is 25.7 Å². The van der Waals surface area contributed by atoms with Gasteiger partial charge in [-0.15, -0.1) is 0 Å². The van der Waals surface area contributed by atoms with E-state index in [2.05, 4.69) is 5.32 Å². The van der Waals surface area contributed by atoms with Gasteiger partial charge in [0, 0.05) is 6.04 Å². The first-order chi connectivity index (χ1) is 10.3. The van der Waals surface area contributed by atoms with E-state index >= 15 is 0 Å². The normalized spacial score (nSPS) is 19.5. The fraction of sp³-hybridized carbons (Fsp3) is 0.667. The van der Waals surface area contributed by atoms with Crippen molar-refractivity contribution >= 4 is 5.69 Å². The zero-order valence-electron chi connectivity index (χ0n) is 12.8. The molecule has 0 radical (unpaired) electrons. The summed E-state index contributed by atoms with van der Waals surface area (Å²) in [5.74, 6) is -0.970. The molecule has 0 aliphatic heterocycles. The lowest BCUT2D eigenvalue weighted by molar-refractivity contribution is 0.476. The van der Waals surface area contributed by atoms with Crippen LogP contribution in [0.15, 0.2) is 18.2 Å². The third-order valence-electron chi connectivity index (χ3n) is 4.42. The molecule has 0 spiro atoms. The topological polar surface area (TPSA) is 12.0 Å². The number of benzene rings is 1. The van der Waals surface area contributed by atoms with Gasteiger partial charge >= 0.3 is 0 Å². The average Bonchev–Trinajstić information content (AvgIpc) is 2.45. The number of halogens is 2. The predicted molar refractivity (Wildman–Crippen MR) is 84.6 cm³/mol. The quantitative estimate of drug-likeness (QED) is 0.700. The second kappa shape index (κ2) is 9.01. The maximum absolute atomic E-state index is 13.7. The van der Waals surface area contributed by atoms with E-state index < -0.39 is 11.6 Å². The Morgan fingerprint density at radius 3 is 1.62 bits per heavy atom. The summed E-state index contributed by atoms with van der Waals surface area (Å²) >= 11 is 0. The maximum Gasteiger partial charge on any atom is 0.149 e. The molecule has 1 aliphatic carbocycles. The van der Waals surface area contributed by atoms with E-state index in [1.807, 2.05) is 0 Å². The highest BCUT2D eigenvalue weighted by Gasteiger charge is 2.14. The van der Waals surface area contributed by atoms with Crippen molar-refractivity contribution < 1.29 is 8.78 Å². The molecule has 0 bridgehead atoms. The molecule has 1 aromatic rings. The minimum atomic E-state index is -0.485. The molecule has 1 aliphatic rings. The fourth-order valence-corrected chi connectivity index (χ4v) is 3.15. The van der Waals surface area contributed by atoms with Gasteiger partial charge in [0.2, 0.25) is 0 Å². The minimum absolute atomic E-state index is 0.0506. The van der Waals surface area contributed by atoms with Gasteiger partial charge in [0.1, 0.15) is 17.3 Å². The summed E-state index contributed by atoms with van der Waals surface area (Å²) < 4.78 is 27.5. The molecule has 0 atom stereocenters. The Morgan fingerprint density at radius 1 is 0.714 bits per heavy atom. The lowest BCUT2D eigenvalue weighted by Gasteiger charge is -2.21. The number of anilines is 1. The van der Waals surface area contributed by atoms with Gasteiger partial charge < -0.3 is 5.32 Å². The van der Waals surface area contributed by atoms with Crippen molar-refractivity contribution in [3.05, 3.63) is 29.8 Å². The van der Waals surface area contributed by atoms with Gasteiger partial charge in [-0.25, -0.2) is 8.78 Å². The first kappa shape index (κ1) is 16.3. The first-order valence-electron chi connectivity index (χ1n) is 8.48. The van der Waals surface area contributed by atoms with Gasteiger partial charge in [0.05, 0.1) is 0 Å². The van der Waals surface area contributed by atoms with Crippen LogP contribution in [0, 0.1) is 11.6 Å². The minimum Gasteiger partial charge on any atom is -0.378 e. The summed E-state index contributed by atoms with van der Waals surface area (Å²) in [6.07, 6.45) is 13.4. The zero-order chi connectivity index (χ0) is 14.9. The maximum atomic E-state index is 13.7. The number of hydrogen-bond acceptors (Lipinski definition) is 1. The van der Waals surface area contributed by atoms with Gasteiger partial charge in [0.15, 0.2) is 0 Å². The van der Waals surface area contributed by atoms with Crippen molar-refractivity contribution in [3.63, 3.8) is 0 Å². The highest BCUT2D eigenvalue weighted by Crippen LogP contribution is 2.23. The van der Waals surface area contributed by atoms with E-state index in [0.29, 0.717) is 0 Å². The molecule has 1 aromatic carbocycles. The van der Waals surface area contributed by atoms with Gasteiger partial charge in [-0.05, 0) is 25.0 Å². The number of para-hydroxylation sites is 1. The molecule has 1 N–H and O–H groups in total. The zero-order valence-corrected chi connectivity index (χ0v) is 12.8. The third-order valence-corrected chi connectivity index (χ3v) is 4.42. The van der Waals surface area contributed by atoms with Crippen LogP contribution in [0.1, 0.15) is 70.6 Å². The van der Waals surface area contributed by atoms with Crippen LogP contribution >= 0.6 is 0 Å². The Hall–Kier alpha value is -1.12. The molecule has 0 amide bonds. The molecule has 1 saturated carbocycles. The predicted octanol–water partition coefficient (Wildman–Crippen LogP) is 6.05. The molecule has 1 fully saturated rings. The molecular formula is C18H27F2N. The van der Waals surface area contributed by atoms with Crippen LogP contribution in [-0.4, -0.2) is 6.04 Å². The Morgan fingerprint density at radius 2 is 1.14 bits per heavy atom. The van der Waals surface area contributed by atoms with E-state index in [-0.39, 0.29) is 11.7 Å². The van der Waals surface area contributed by atoms with Gasteiger partial charge in [0.25, 0.3) is 0 Å². The van der Waals surface area contributed by atoms with Crippen molar-refractivity contribution in [3.8, 4) is 0 Å². The summed E-state index contributed by atoms with van der Waals surface area (Å²) in [6, 6.07) is 4.24. The van der Waals surface area contributed by atoms with Crippen LogP contribution in [0.4, 0.5) is 14.5 Å². The van der Waals surface area contributed by atoms with Gasteiger partial charge in [-0.3, -0.25) is 0 Å². The van der Waals surface area contributed by atoms with E-state index in [9.17, 15) is 8.78 Å². The molecule has 0 saturated heterocycles. The SMILES string of the molecule is Fc1cccc(F)c1NC1CCCCCCCCCCC1. The Balaban J connectivity index is 1.94. The molecular weight excluding hydrogens is 268 g/mol. The molecule has 0 unspecified atom stereocenters. The van der Waals surface area contributed by atoms with Crippen molar-refractivity contribution in [1.82, 2.24) is 0 Å². The number of hydrogen-bond donors (Lipinski definition) is 1. The van der Waals surface area contributed by atoms with E-state index in [1.54, 1.807) is 0 Å². The van der Waals surface area contributed by atoms with Gasteiger partial charge in [-0.2, -0.15) is 0 Å². The monoisotopic (exact) mass is 295 g/mol. The molecule has 118 valence electrons. The highest BCUT2D eigenvalue weighted by atomic mass is 19.1. The van der Waals surface area contributed by atoms with Gasteiger partial charge in [-0.1, -0.05) is 63.9 Å². The largest absolute Gasteiger partial charge is 0.378 e. The smallest absolute Gasteiger partial charge is 0.149 e. The Labute approximate surface area is 127 Å². The van der Waals surface area contributed by atoms with Crippen LogP contribution < -0.4 is 5.32 Å². The van der Waals surface area contributed by atoms with Crippen molar-refractivity contribution in [2.24, 2.45) is 0 Å². The highest BCUT2D eigenvalue weighted by molar-refractivity contribution is 5.46. The lowest BCUT2D eigenvalue weighted by atomic mass is 9.97. The lowest BCUT2D eigenvalue weighted by Crippen LogP contribution is -2.21. The van der Waals surface area contributed by atoms with Crippen molar-refractivity contribution in [2.75, 3.05) is 5.32 Å². The van der Waals surface area contributed by atoms with E-state index in [4.69, 9.17) is 0 Å². The van der Waals surface area contributed by atoms with Crippen LogP contribution in [0.3, 0.4) is 0 Å². The summed E-state index contributed by atoms with van der Waals surface area (Å²) in [7, 11) is 0. The van der Waals surface area contributed by atoms with Crippen LogP contribution in [0.5, 0.6) is 0 Å². The molecule has 0 aromatic heterocycles. The average molecular weight is 295 g/mol. The summed E-state index contributed by atoms with van der Waals surface area (Å²) in [4.78, 5) is 0. The second-order valence-electron chi connectivity index (χ2n) is 6.20. The molecule has 21 heavy (non-hydrogen) atoms. The standard InChI is InChI=1S/C18H27F2N/c19-16-13-10-14-17(20)18(16)21-15-11-8-6-4-2-1-3-5-7-9-12-15/h10,13-15,21H,1-9,11-12H2. The van der Waals surface area contributed by atoms with Crippen molar-refractivity contribution in [1.29, 1.82) is 0 Å². The molecule has 0 heterocycles. The summed E-state index contributed by atoms with van der Waals surface area (Å²) in [6.45, 7) is 0. The summed E-state index contributed by atoms with van der Waals surface area (Å²) in [5, 5.41) is 3.12. The van der Waals surface area contributed by atoms with Crippen LogP contribution in [-0.2, 0) is 0 Å². The first-order valence-corrected chi connectivity index (χ1v) is 8.48. The molecule has 1 nitrogen and oxygen atoms in total. The molecule has 2 rings (SSSR count). The second-order valence-corrected chi connectivity index (χ2v) is 6.20. The van der Waals surface area contributed by atoms with Crippen LogP contribution in [0.25, 0.3) is 0 Å². The summed E-state index contributed by atoms with van der Waals surface area (Å²) in [5.41, 5.74) is 0.0506. The van der Waals surface area contributed by atoms with Crippen molar-refractivity contribution in [2.45, 2.75) is 76.7 Å². The Bertz CT molecular complexity index is 387. The fourth-order valence-electron chi connectivity index (χ4n) is 3.15. The van der Waals surface area contributed by atoms with Crippen LogP contribution in [0.2, 0.25) is 0 Å².